The monoisotopic (exact) mass is 605 g/mol. The lowest BCUT2D eigenvalue weighted by molar-refractivity contribution is -0.384. The third-order valence-electron chi connectivity index (χ3n) is 7.02. The molecule has 214 valence electrons. The van der Waals surface area contributed by atoms with Gasteiger partial charge < -0.3 is 9.84 Å². The maximum absolute atomic E-state index is 11.1. The quantitative estimate of drug-likeness (QED) is 0.0893. The van der Waals surface area contributed by atoms with Gasteiger partial charge in [0.2, 0.25) is 5.89 Å². The standard InChI is InChI=1S/C33H27N5O3S2/c1-23-34-31(41-37-23)30(36-32-35-29(21-42-32)24-17-19-28(20-18-24)38(39)40)22-43-33(25-11-5-2-6-12-25,26-13-7-3-8-14-26)27-15-9-4-10-16-27/h2-21,30H,22H2,1H3,(H,35,36)/t30-/m0/s1. The van der Waals surface area contributed by atoms with Crippen molar-refractivity contribution >= 4 is 33.9 Å². The average Bonchev–Trinajstić information content (AvgIpc) is 3.71. The van der Waals surface area contributed by atoms with Crippen LogP contribution in [0.1, 0.15) is 34.4 Å². The Morgan fingerprint density at radius 2 is 1.42 bits per heavy atom. The Morgan fingerprint density at radius 3 is 1.91 bits per heavy atom. The van der Waals surface area contributed by atoms with Crippen molar-refractivity contribution in [3.8, 4) is 11.3 Å². The molecule has 1 N–H and O–H groups in total. The molecule has 0 spiro atoms. The fourth-order valence-corrected chi connectivity index (χ4v) is 7.31. The molecule has 6 rings (SSSR count). The molecule has 0 unspecified atom stereocenters. The summed E-state index contributed by atoms with van der Waals surface area (Å²) in [5, 5.41) is 21.3. The fraction of sp³-hybridized carbons (Fsp3) is 0.121. The summed E-state index contributed by atoms with van der Waals surface area (Å²) in [6, 6.07) is 37.6. The molecule has 0 bridgehead atoms. The van der Waals surface area contributed by atoms with E-state index in [4.69, 9.17) is 9.51 Å². The molecule has 43 heavy (non-hydrogen) atoms. The molecule has 2 heterocycles. The number of anilines is 1. The van der Waals surface area contributed by atoms with Crippen LogP contribution < -0.4 is 5.32 Å². The predicted octanol–water partition coefficient (Wildman–Crippen LogP) is 8.29. The average molecular weight is 606 g/mol. The second-order valence-corrected chi connectivity index (χ2v) is 11.9. The van der Waals surface area contributed by atoms with E-state index in [1.807, 2.05) is 23.6 Å². The number of aryl methyl sites for hydroxylation is 1. The minimum atomic E-state index is -0.522. The highest BCUT2D eigenvalue weighted by atomic mass is 32.2. The van der Waals surface area contributed by atoms with Crippen molar-refractivity contribution in [3.05, 3.63) is 159 Å². The molecular formula is C33H27N5O3S2. The van der Waals surface area contributed by atoms with Gasteiger partial charge in [-0.25, -0.2) is 4.98 Å². The number of nitrogens with zero attached hydrogens (tertiary/aromatic N) is 4. The molecule has 0 radical (unpaired) electrons. The topological polar surface area (TPSA) is 107 Å². The van der Waals surface area contributed by atoms with Crippen LogP contribution in [-0.4, -0.2) is 25.8 Å². The Bertz CT molecular complexity index is 1700. The van der Waals surface area contributed by atoms with E-state index in [9.17, 15) is 10.1 Å². The molecular weight excluding hydrogens is 579 g/mol. The number of hydrogen-bond acceptors (Lipinski definition) is 9. The van der Waals surface area contributed by atoms with E-state index in [1.54, 1.807) is 30.8 Å². The molecule has 0 aliphatic carbocycles. The fourth-order valence-electron chi connectivity index (χ4n) is 4.98. The normalized spacial score (nSPS) is 12.1. The second kappa shape index (κ2) is 12.6. The number of nitro benzene ring substituents is 1. The molecule has 2 aromatic heterocycles. The van der Waals surface area contributed by atoms with Crippen molar-refractivity contribution in [1.82, 2.24) is 15.1 Å². The van der Waals surface area contributed by atoms with E-state index in [1.165, 1.54) is 23.5 Å². The van der Waals surface area contributed by atoms with Crippen LogP contribution >= 0.6 is 23.1 Å². The van der Waals surface area contributed by atoms with Gasteiger partial charge in [0.25, 0.3) is 5.69 Å². The molecule has 0 saturated carbocycles. The smallest absolute Gasteiger partial charge is 0.269 e. The number of thioether (sulfide) groups is 1. The molecule has 0 aliphatic heterocycles. The van der Waals surface area contributed by atoms with Crippen molar-refractivity contribution in [1.29, 1.82) is 0 Å². The highest BCUT2D eigenvalue weighted by Gasteiger charge is 2.38. The van der Waals surface area contributed by atoms with Crippen LogP contribution in [0.4, 0.5) is 10.8 Å². The Hall–Kier alpha value is -4.80. The summed E-state index contributed by atoms with van der Waals surface area (Å²) in [5.41, 5.74) is 5.04. The van der Waals surface area contributed by atoms with E-state index < -0.39 is 9.67 Å². The number of nitro groups is 1. The highest BCUT2D eigenvalue weighted by molar-refractivity contribution is 8.00. The van der Waals surface area contributed by atoms with Crippen LogP contribution in [0.5, 0.6) is 0 Å². The largest absolute Gasteiger partial charge is 0.349 e. The Balaban J connectivity index is 1.36. The number of benzene rings is 4. The van der Waals surface area contributed by atoms with Crippen LogP contribution in [0.15, 0.2) is 125 Å². The molecule has 6 aromatic rings. The first-order chi connectivity index (χ1) is 21.0. The molecule has 4 aromatic carbocycles. The summed E-state index contributed by atoms with van der Waals surface area (Å²) in [6.45, 7) is 1.80. The predicted molar refractivity (Wildman–Crippen MR) is 171 cm³/mol. The van der Waals surface area contributed by atoms with E-state index in [-0.39, 0.29) is 11.7 Å². The van der Waals surface area contributed by atoms with Gasteiger partial charge in [-0.1, -0.05) is 96.2 Å². The lowest BCUT2D eigenvalue weighted by Crippen LogP contribution is -2.28. The number of hydrogen-bond donors (Lipinski definition) is 1. The molecule has 0 aliphatic rings. The van der Waals surface area contributed by atoms with Gasteiger partial charge in [0.15, 0.2) is 11.0 Å². The Morgan fingerprint density at radius 1 is 0.860 bits per heavy atom. The maximum atomic E-state index is 11.1. The highest BCUT2D eigenvalue weighted by Crippen LogP contribution is 2.49. The van der Waals surface area contributed by atoms with Gasteiger partial charge in [0, 0.05) is 28.8 Å². The lowest BCUT2D eigenvalue weighted by Gasteiger charge is -2.36. The van der Waals surface area contributed by atoms with E-state index in [2.05, 4.69) is 88.3 Å². The van der Waals surface area contributed by atoms with Gasteiger partial charge in [0.05, 0.1) is 15.4 Å². The molecule has 0 fully saturated rings. The number of thiazole rings is 1. The summed E-state index contributed by atoms with van der Waals surface area (Å²) in [4.78, 5) is 20.0. The van der Waals surface area contributed by atoms with Gasteiger partial charge in [-0.3, -0.25) is 10.1 Å². The first-order valence-corrected chi connectivity index (χ1v) is 15.5. The molecule has 0 saturated heterocycles. The number of aromatic nitrogens is 3. The number of non-ortho nitro benzene ring substituents is 1. The van der Waals surface area contributed by atoms with E-state index in [0.717, 1.165) is 27.9 Å². The zero-order chi connectivity index (χ0) is 29.6. The lowest BCUT2D eigenvalue weighted by atomic mass is 9.84. The Labute approximate surface area is 257 Å². The van der Waals surface area contributed by atoms with Crippen molar-refractivity contribution in [2.24, 2.45) is 0 Å². The van der Waals surface area contributed by atoms with Gasteiger partial charge >= 0.3 is 0 Å². The second-order valence-electron chi connectivity index (χ2n) is 9.81. The van der Waals surface area contributed by atoms with Gasteiger partial charge in [-0.2, -0.15) is 4.98 Å². The SMILES string of the molecule is Cc1noc([C@H](CSC(c2ccccc2)(c2ccccc2)c2ccccc2)Nc2nc(-c3ccc([N+](=O)[O-])cc3)cs2)n1. The first-order valence-electron chi connectivity index (χ1n) is 13.6. The molecule has 10 heteroatoms. The van der Waals surface area contributed by atoms with Gasteiger partial charge in [-0.15, -0.1) is 23.1 Å². The van der Waals surface area contributed by atoms with Crippen molar-refractivity contribution < 1.29 is 9.45 Å². The third-order valence-corrected chi connectivity index (χ3v) is 9.44. The zero-order valence-electron chi connectivity index (χ0n) is 23.2. The molecule has 8 nitrogen and oxygen atoms in total. The van der Waals surface area contributed by atoms with Gasteiger partial charge in [0.1, 0.15) is 6.04 Å². The van der Waals surface area contributed by atoms with Crippen molar-refractivity contribution in [2.45, 2.75) is 17.7 Å². The summed E-state index contributed by atoms with van der Waals surface area (Å²) >= 11 is 3.24. The number of rotatable bonds is 11. The molecule has 0 amide bonds. The summed E-state index contributed by atoms with van der Waals surface area (Å²) in [5.74, 6) is 1.60. The van der Waals surface area contributed by atoms with Crippen LogP contribution in [0, 0.1) is 17.0 Å². The minimum absolute atomic E-state index is 0.0416. The Kier molecular flexibility index (Phi) is 8.30. The van der Waals surface area contributed by atoms with Crippen LogP contribution in [0.3, 0.4) is 0 Å². The summed E-state index contributed by atoms with van der Waals surface area (Å²) in [6.07, 6.45) is 0. The van der Waals surface area contributed by atoms with Crippen molar-refractivity contribution in [3.63, 3.8) is 0 Å². The van der Waals surface area contributed by atoms with Crippen molar-refractivity contribution in [2.75, 3.05) is 11.1 Å². The van der Waals surface area contributed by atoms with E-state index >= 15 is 0 Å². The molecule has 1 atom stereocenters. The maximum Gasteiger partial charge on any atom is 0.269 e. The van der Waals surface area contributed by atoms with Crippen LogP contribution in [0.25, 0.3) is 11.3 Å². The third kappa shape index (κ3) is 6.06. The van der Waals surface area contributed by atoms with Gasteiger partial charge in [-0.05, 0) is 35.7 Å². The first kappa shape index (κ1) is 28.3. The zero-order valence-corrected chi connectivity index (χ0v) is 24.8. The van der Waals surface area contributed by atoms with E-state index in [0.29, 0.717) is 22.6 Å². The minimum Gasteiger partial charge on any atom is -0.349 e. The number of nitrogens with one attached hydrogen (secondary N) is 1. The van der Waals surface area contributed by atoms with Crippen LogP contribution in [0.2, 0.25) is 0 Å². The summed E-state index contributed by atoms with van der Waals surface area (Å²) in [7, 11) is 0. The van der Waals surface area contributed by atoms with Crippen LogP contribution in [-0.2, 0) is 4.75 Å². The summed E-state index contributed by atoms with van der Waals surface area (Å²) < 4.78 is 5.16.